The minimum atomic E-state index is 0.00352. The van der Waals surface area contributed by atoms with Crippen LogP contribution in [-0.4, -0.2) is 16.9 Å². The molecule has 3 atom stereocenters. The number of nitrogens with one attached hydrogen (secondary N) is 1. The molecule has 0 bridgehead atoms. The Morgan fingerprint density at radius 1 is 1.30 bits per heavy atom. The number of aryl methyl sites for hydroxylation is 1. The first kappa shape index (κ1) is 17.5. The number of hydrogen-bond donors (Lipinski definition) is 1. The SMILES string of the molecule is CC(=O)N1c2ccc(C#N)cc2C(Nc2cccc(C)n2)C(C)[C@@H]1C1CC1. The maximum absolute atomic E-state index is 12.5. The average molecular weight is 360 g/mol. The van der Waals surface area contributed by atoms with Gasteiger partial charge in [0.1, 0.15) is 5.82 Å². The van der Waals surface area contributed by atoms with E-state index in [4.69, 9.17) is 0 Å². The number of carbonyl (C=O) groups is 1. The van der Waals surface area contributed by atoms with Crippen molar-refractivity contribution in [2.45, 2.75) is 45.7 Å². The van der Waals surface area contributed by atoms with Crippen LogP contribution in [0.1, 0.15) is 49.6 Å². The molecule has 0 radical (unpaired) electrons. The van der Waals surface area contributed by atoms with Gasteiger partial charge < -0.3 is 10.2 Å². The lowest BCUT2D eigenvalue weighted by atomic mass is 9.79. The lowest BCUT2D eigenvalue weighted by Gasteiger charge is -2.45. The first-order valence-electron chi connectivity index (χ1n) is 9.53. The van der Waals surface area contributed by atoms with Gasteiger partial charge in [-0.2, -0.15) is 5.26 Å². The predicted octanol–water partition coefficient (Wildman–Crippen LogP) is 4.20. The summed E-state index contributed by atoms with van der Waals surface area (Å²) in [5.41, 5.74) is 3.48. The molecule has 1 aromatic heterocycles. The fourth-order valence-electron chi connectivity index (χ4n) is 4.42. The second-order valence-corrected chi connectivity index (χ2v) is 7.75. The predicted molar refractivity (Wildman–Crippen MR) is 105 cm³/mol. The van der Waals surface area contributed by atoms with E-state index in [1.807, 2.05) is 42.2 Å². The third kappa shape index (κ3) is 3.16. The van der Waals surface area contributed by atoms with Crippen molar-refractivity contribution in [3.05, 3.63) is 53.2 Å². The molecule has 2 aromatic rings. The first-order valence-corrected chi connectivity index (χ1v) is 9.53. The fraction of sp³-hybridized carbons (Fsp3) is 0.409. The number of benzene rings is 1. The molecule has 1 fully saturated rings. The van der Waals surface area contributed by atoms with Crippen LogP contribution >= 0.6 is 0 Å². The Morgan fingerprint density at radius 3 is 2.70 bits per heavy atom. The Kier molecular flexibility index (Phi) is 4.35. The first-order chi connectivity index (χ1) is 13.0. The molecule has 1 aliphatic carbocycles. The molecule has 5 heteroatoms. The van der Waals surface area contributed by atoms with Gasteiger partial charge in [0, 0.05) is 30.3 Å². The third-order valence-corrected chi connectivity index (χ3v) is 5.75. The number of anilines is 2. The molecular formula is C22H24N4O. The fourth-order valence-corrected chi connectivity index (χ4v) is 4.42. The van der Waals surface area contributed by atoms with Crippen LogP contribution in [-0.2, 0) is 4.79 Å². The van der Waals surface area contributed by atoms with Gasteiger partial charge in [-0.25, -0.2) is 4.98 Å². The van der Waals surface area contributed by atoms with E-state index in [-0.39, 0.29) is 23.9 Å². The van der Waals surface area contributed by atoms with E-state index >= 15 is 0 Å². The van der Waals surface area contributed by atoms with Gasteiger partial charge in [-0.05, 0) is 61.6 Å². The van der Waals surface area contributed by atoms with Crippen LogP contribution in [0.5, 0.6) is 0 Å². The van der Waals surface area contributed by atoms with Crippen molar-refractivity contribution in [2.24, 2.45) is 11.8 Å². The van der Waals surface area contributed by atoms with Gasteiger partial charge >= 0.3 is 0 Å². The van der Waals surface area contributed by atoms with E-state index in [0.29, 0.717) is 11.5 Å². The van der Waals surface area contributed by atoms with Crippen LogP contribution in [0.4, 0.5) is 11.5 Å². The zero-order valence-corrected chi connectivity index (χ0v) is 15.9. The summed E-state index contributed by atoms with van der Waals surface area (Å²) in [4.78, 5) is 19.1. The largest absolute Gasteiger partial charge is 0.363 e. The van der Waals surface area contributed by atoms with Gasteiger partial charge in [-0.3, -0.25) is 4.79 Å². The monoisotopic (exact) mass is 360 g/mol. The summed E-state index contributed by atoms with van der Waals surface area (Å²) in [7, 11) is 0. The zero-order chi connectivity index (χ0) is 19.1. The number of nitrogens with zero attached hydrogens (tertiary/aromatic N) is 3. The van der Waals surface area contributed by atoms with Gasteiger partial charge in [0.25, 0.3) is 0 Å². The summed E-state index contributed by atoms with van der Waals surface area (Å²) in [5.74, 6) is 1.65. The molecule has 1 amide bonds. The Morgan fingerprint density at radius 2 is 2.07 bits per heavy atom. The minimum Gasteiger partial charge on any atom is -0.363 e. The Hall–Kier alpha value is -2.87. The van der Waals surface area contributed by atoms with Crippen molar-refractivity contribution in [1.29, 1.82) is 5.26 Å². The van der Waals surface area contributed by atoms with E-state index < -0.39 is 0 Å². The zero-order valence-electron chi connectivity index (χ0n) is 15.9. The molecule has 1 saturated carbocycles. The second kappa shape index (κ2) is 6.70. The number of amides is 1. The molecule has 0 saturated heterocycles. The molecule has 2 aliphatic rings. The highest BCUT2D eigenvalue weighted by atomic mass is 16.2. The van der Waals surface area contributed by atoms with Crippen LogP contribution in [0.2, 0.25) is 0 Å². The molecule has 138 valence electrons. The van der Waals surface area contributed by atoms with E-state index in [2.05, 4.69) is 23.3 Å². The Balaban J connectivity index is 1.82. The van der Waals surface area contributed by atoms with E-state index in [1.165, 1.54) is 12.8 Å². The van der Waals surface area contributed by atoms with Crippen LogP contribution in [0, 0.1) is 30.1 Å². The molecule has 1 aromatic carbocycles. The summed E-state index contributed by atoms with van der Waals surface area (Å²) < 4.78 is 0. The standard InChI is InChI=1S/C22H24N4O/c1-13-5-4-6-20(24-13)25-21-14(2)22(17-8-9-17)26(15(3)27)19-10-7-16(12-23)11-18(19)21/h4-7,10-11,14,17,21-22H,8-9H2,1-3H3,(H,24,25)/t14?,21?,22-/m1/s1. The lowest BCUT2D eigenvalue weighted by Crippen LogP contribution is -2.51. The van der Waals surface area contributed by atoms with Crippen LogP contribution in [0.3, 0.4) is 0 Å². The second-order valence-electron chi connectivity index (χ2n) is 7.75. The highest BCUT2D eigenvalue weighted by Gasteiger charge is 2.47. The van der Waals surface area contributed by atoms with Gasteiger partial charge in [0.05, 0.1) is 17.7 Å². The molecule has 0 spiro atoms. The summed E-state index contributed by atoms with van der Waals surface area (Å²) >= 11 is 0. The van der Waals surface area contributed by atoms with Gasteiger partial charge in [-0.15, -0.1) is 0 Å². The van der Waals surface area contributed by atoms with E-state index in [9.17, 15) is 10.1 Å². The van der Waals surface area contributed by atoms with Crippen LogP contribution in [0.15, 0.2) is 36.4 Å². The Labute approximate surface area is 160 Å². The van der Waals surface area contributed by atoms with Crippen molar-refractivity contribution in [3.63, 3.8) is 0 Å². The molecule has 27 heavy (non-hydrogen) atoms. The van der Waals surface area contributed by atoms with Gasteiger partial charge in [0.2, 0.25) is 5.91 Å². The van der Waals surface area contributed by atoms with Crippen molar-refractivity contribution in [2.75, 3.05) is 10.2 Å². The topological polar surface area (TPSA) is 69.0 Å². The van der Waals surface area contributed by atoms with Crippen molar-refractivity contribution < 1.29 is 4.79 Å². The van der Waals surface area contributed by atoms with Gasteiger partial charge in [0.15, 0.2) is 0 Å². The molecule has 4 rings (SSSR count). The number of aromatic nitrogens is 1. The van der Waals surface area contributed by atoms with Crippen LogP contribution < -0.4 is 10.2 Å². The highest BCUT2D eigenvalue weighted by molar-refractivity contribution is 5.94. The molecular weight excluding hydrogens is 336 g/mol. The van der Waals surface area contributed by atoms with Crippen molar-refractivity contribution >= 4 is 17.4 Å². The molecule has 5 nitrogen and oxygen atoms in total. The number of carbonyl (C=O) groups excluding carboxylic acids is 1. The number of hydrogen-bond acceptors (Lipinski definition) is 4. The van der Waals surface area contributed by atoms with E-state index in [0.717, 1.165) is 22.8 Å². The molecule has 2 heterocycles. The molecule has 1 aliphatic heterocycles. The highest BCUT2D eigenvalue weighted by Crippen LogP contribution is 2.50. The summed E-state index contributed by atoms with van der Waals surface area (Å²) in [5, 5.41) is 13.0. The third-order valence-electron chi connectivity index (χ3n) is 5.75. The number of pyridine rings is 1. The Bertz CT molecular complexity index is 928. The van der Waals surface area contributed by atoms with Crippen molar-refractivity contribution in [1.82, 2.24) is 4.98 Å². The average Bonchev–Trinajstić information content (AvgIpc) is 3.47. The van der Waals surface area contributed by atoms with E-state index in [1.54, 1.807) is 13.0 Å². The number of rotatable bonds is 3. The maximum Gasteiger partial charge on any atom is 0.224 e. The normalized spacial score (nSPS) is 24.1. The summed E-state index contributed by atoms with van der Waals surface area (Å²) in [6.07, 6.45) is 2.33. The number of nitriles is 1. The quantitative estimate of drug-likeness (QED) is 0.891. The van der Waals surface area contributed by atoms with Crippen LogP contribution in [0.25, 0.3) is 0 Å². The smallest absolute Gasteiger partial charge is 0.224 e. The lowest BCUT2D eigenvalue weighted by molar-refractivity contribution is -0.117. The molecule has 2 unspecified atom stereocenters. The molecule has 1 N–H and O–H groups in total. The van der Waals surface area contributed by atoms with Crippen molar-refractivity contribution in [3.8, 4) is 6.07 Å². The maximum atomic E-state index is 12.5. The number of fused-ring (bicyclic) bond motifs is 1. The summed E-state index contributed by atoms with van der Waals surface area (Å²) in [6, 6.07) is 14.0. The summed E-state index contributed by atoms with van der Waals surface area (Å²) in [6.45, 7) is 5.82. The van der Waals surface area contributed by atoms with Gasteiger partial charge in [-0.1, -0.05) is 13.0 Å². The minimum absolute atomic E-state index is 0.00352.